The van der Waals surface area contributed by atoms with Gasteiger partial charge in [-0.3, -0.25) is 15.0 Å². The van der Waals surface area contributed by atoms with Crippen LogP contribution in [0.15, 0.2) is 12.4 Å². The number of rotatable bonds is 5. The van der Waals surface area contributed by atoms with Crippen molar-refractivity contribution in [1.29, 1.82) is 0 Å². The van der Waals surface area contributed by atoms with Crippen LogP contribution in [-0.2, 0) is 13.0 Å². The second-order valence-electron chi connectivity index (χ2n) is 4.00. The summed E-state index contributed by atoms with van der Waals surface area (Å²) in [5, 5.41) is 16.0. The molecule has 0 aliphatic carbocycles. The van der Waals surface area contributed by atoms with Crippen molar-refractivity contribution in [3.63, 3.8) is 0 Å². The fourth-order valence-electron chi connectivity index (χ4n) is 1.64. The largest absolute Gasteiger partial charge is 0.395 e. The molecule has 2 rings (SSSR count). The lowest BCUT2D eigenvalue weighted by molar-refractivity contribution is 0.0947. The summed E-state index contributed by atoms with van der Waals surface area (Å²) < 4.78 is 0. The first-order valence-corrected chi connectivity index (χ1v) is 5.81. The van der Waals surface area contributed by atoms with Crippen molar-refractivity contribution in [2.75, 3.05) is 5.73 Å². The number of amides is 1. The van der Waals surface area contributed by atoms with Crippen molar-refractivity contribution in [1.82, 2.24) is 25.7 Å². The molecule has 5 N–H and O–H groups in total. The Kier molecular flexibility index (Phi) is 3.61. The Labute approximate surface area is 104 Å². The van der Waals surface area contributed by atoms with Gasteiger partial charge < -0.3 is 11.1 Å². The van der Waals surface area contributed by atoms with Gasteiger partial charge in [-0.1, -0.05) is 13.3 Å². The highest BCUT2D eigenvalue weighted by molar-refractivity contribution is 5.97. The molecule has 0 atom stereocenters. The van der Waals surface area contributed by atoms with Gasteiger partial charge in [0.1, 0.15) is 0 Å². The van der Waals surface area contributed by atoms with Gasteiger partial charge in [0.2, 0.25) is 0 Å². The fourth-order valence-corrected chi connectivity index (χ4v) is 1.64. The highest BCUT2D eigenvalue weighted by Gasteiger charge is 2.16. The van der Waals surface area contributed by atoms with E-state index < -0.39 is 0 Å². The first kappa shape index (κ1) is 12.2. The molecule has 0 aromatic carbocycles. The zero-order valence-electron chi connectivity index (χ0n) is 10.2. The molecule has 0 saturated carbocycles. The van der Waals surface area contributed by atoms with Crippen molar-refractivity contribution in [2.24, 2.45) is 0 Å². The van der Waals surface area contributed by atoms with Crippen LogP contribution in [0, 0.1) is 0 Å². The summed E-state index contributed by atoms with van der Waals surface area (Å²) in [6, 6.07) is 0. The highest BCUT2D eigenvalue weighted by Crippen LogP contribution is 2.15. The molecule has 96 valence electrons. The molecule has 2 heterocycles. The van der Waals surface area contributed by atoms with Crippen LogP contribution in [0.25, 0.3) is 0 Å². The molecule has 1 amide bonds. The number of nitrogen functional groups attached to an aromatic ring is 1. The lowest BCUT2D eigenvalue weighted by Crippen LogP contribution is -2.23. The van der Waals surface area contributed by atoms with Gasteiger partial charge in [0.05, 0.1) is 17.6 Å². The SMILES string of the molecule is CCCc1[nH]nc(C(=O)NCc2cn[nH]c2)c1N. The minimum atomic E-state index is -0.285. The van der Waals surface area contributed by atoms with Gasteiger partial charge >= 0.3 is 0 Å². The minimum Gasteiger partial charge on any atom is -0.395 e. The predicted molar refractivity (Wildman–Crippen MR) is 66.8 cm³/mol. The monoisotopic (exact) mass is 248 g/mol. The number of aromatic nitrogens is 4. The standard InChI is InChI=1S/C11H16N6O/c1-2-3-8-9(12)10(17-16-8)11(18)13-4-7-5-14-15-6-7/h5-6H,2-4,12H2,1H3,(H,13,18)(H,14,15)(H,16,17). The van der Waals surface area contributed by atoms with Gasteiger partial charge in [-0.15, -0.1) is 0 Å². The number of hydrogen-bond donors (Lipinski definition) is 4. The third-order valence-corrected chi connectivity index (χ3v) is 2.61. The molecular weight excluding hydrogens is 232 g/mol. The summed E-state index contributed by atoms with van der Waals surface area (Å²) in [5.74, 6) is -0.285. The van der Waals surface area contributed by atoms with E-state index in [-0.39, 0.29) is 11.6 Å². The second kappa shape index (κ2) is 5.35. The number of carbonyl (C=O) groups excluding carboxylic acids is 1. The molecular formula is C11H16N6O. The molecule has 0 spiro atoms. The van der Waals surface area contributed by atoms with E-state index in [1.807, 2.05) is 6.92 Å². The Morgan fingerprint density at radius 2 is 2.39 bits per heavy atom. The Morgan fingerprint density at radius 1 is 1.56 bits per heavy atom. The van der Waals surface area contributed by atoms with E-state index in [1.54, 1.807) is 12.4 Å². The van der Waals surface area contributed by atoms with E-state index in [1.165, 1.54) is 0 Å². The molecule has 0 aliphatic heterocycles. The van der Waals surface area contributed by atoms with Gasteiger partial charge in [0, 0.05) is 18.3 Å². The van der Waals surface area contributed by atoms with E-state index >= 15 is 0 Å². The summed E-state index contributed by atoms with van der Waals surface area (Å²) in [4.78, 5) is 11.9. The first-order valence-electron chi connectivity index (χ1n) is 5.81. The average Bonchev–Trinajstić information content (AvgIpc) is 2.98. The van der Waals surface area contributed by atoms with Crippen LogP contribution in [0.2, 0.25) is 0 Å². The summed E-state index contributed by atoms with van der Waals surface area (Å²) >= 11 is 0. The second-order valence-corrected chi connectivity index (χ2v) is 4.00. The quantitative estimate of drug-likeness (QED) is 0.620. The van der Waals surface area contributed by atoms with Crippen molar-refractivity contribution in [3.05, 3.63) is 29.3 Å². The van der Waals surface area contributed by atoms with Crippen LogP contribution >= 0.6 is 0 Å². The van der Waals surface area contributed by atoms with E-state index in [0.717, 1.165) is 24.1 Å². The average molecular weight is 248 g/mol. The van der Waals surface area contributed by atoms with E-state index in [2.05, 4.69) is 25.7 Å². The number of aromatic amines is 2. The normalized spacial score (nSPS) is 10.5. The lowest BCUT2D eigenvalue weighted by Gasteiger charge is -2.01. The number of carbonyl (C=O) groups is 1. The smallest absolute Gasteiger partial charge is 0.274 e. The third kappa shape index (κ3) is 2.50. The Morgan fingerprint density at radius 3 is 3.06 bits per heavy atom. The summed E-state index contributed by atoms with van der Waals surface area (Å²) in [6.45, 7) is 2.43. The fraction of sp³-hybridized carbons (Fsp3) is 0.364. The molecule has 0 aliphatic rings. The first-order chi connectivity index (χ1) is 8.72. The molecule has 0 bridgehead atoms. The zero-order chi connectivity index (χ0) is 13.0. The van der Waals surface area contributed by atoms with Gasteiger partial charge in [-0.25, -0.2) is 0 Å². The van der Waals surface area contributed by atoms with Crippen molar-refractivity contribution < 1.29 is 4.79 Å². The molecule has 0 unspecified atom stereocenters. The molecule has 0 radical (unpaired) electrons. The summed E-state index contributed by atoms with van der Waals surface area (Å²) in [5.41, 5.74) is 8.26. The number of nitrogens with two attached hydrogens (primary N) is 1. The van der Waals surface area contributed by atoms with Crippen LogP contribution in [-0.4, -0.2) is 26.3 Å². The van der Waals surface area contributed by atoms with Crippen molar-refractivity contribution in [2.45, 2.75) is 26.3 Å². The van der Waals surface area contributed by atoms with Gasteiger partial charge in [0.15, 0.2) is 5.69 Å². The number of nitrogens with zero attached hydrogens (tertiary/aromatic N) is 2. The predicted octanol–water partition coefficient (Wildman–Crippen LogP) is 0.597. The van der Waals surface area contributed by atoms with Crippen LogP contribution in [0.4, 0.5) is 5.69 Å². The lowest BCUT2D eigenvalue weighted by atomic mass is 10.2. The number of hydrogen-bond acceptors (Lipinski definition) is 4. The number of nitrogens with one attached hydrogen (secondary N) is 3. The summed E-state index contributed by atoms with van der Waals surface area (Å²) in [6.07, 6.45) is 5.10. The van der Waals surface area contributed by atoms with Crippen LogP contribution in [0.5, 0.6) is 0 Å². The van der Waals surface area contributed by atoms with Crippen LogP contribution < -0.4 is 11.1 Å². The van der Waals surface area contributed by atoms with E-state index in [9.17, 15) is 4.79 Å². The van der Waals surface area contributed by atoms with Gasteiger partial charge in [-0.2, -0.15) is 10.2 Å². The maximum absolute atomic E-state index is 11.9. The number of anilines is 1. The maximum Gasteiger partial charge on any atom is 0.274 e. The number of aryl methyl sites for hydroxylation is 1. The van der Waals surface area contributed by atoms with Crippen molar-refractivity contribution in [3.8, 4) is 0 Å². The molecule has 7 nitrogen and oxygen atoms in total. The molecule has 7 heteroatoms. The van der Waals surface area contributed by atoms with Gasteiger partial charge in [-0.05, 0) is 6.42 Å². The molecule has 2 aromatic rings. The Bertz CT molecular complexity index is 516. The van der Waals surface area contributed by atoms with Crippen molar-refractivity contribution >= 4 is 11.6 Å². The Balaban J connectivity index is 2.00. The minimum absolute atomic E-state index is 0.252. The Hall–Kier alpha value is -2.31. The van der Waals surface area contributed by atoms with Crippen LogP contribution in [0.1, 0.15) is 35.1 Å². The highest BCUT2D eigenvalue weighted by atomic mass is 16.1. The molecule has 0 fully saturated rings. The van der Waals surface area contributed by atoms with Gasteiger partial charge in [0.25, 0.3) is 5.91 Å². The maximum atomic E-state index is 11.9. The topological polar surface area (TPSA) is 112 Å². The molecule has 0 saturated heterocycles. The third-order valence-electron chi connectivity index (χ3n) is 2.61. The van der Waals surface area contributed by atoms with Crippen LogP contribution in [0.3, 0.4) is 0 Å². The zero-order valence-corrected chi connectivity index (χ0v) is 10.2. The van der Waals surface area contributed by atoms with E-state index in [4.69, 9.17) is 5.73 Å². The molecule has 18 heavy (non-hydrogen) atoms. The van der Waals surface area contributed by atoms with E-state index in [0.29, 0.717) is 12.2 Å². The molecule has 2 aromatic heterocycles. The summed E-state index contributed by atoms with van der Waals surface area (Å²) in [7, 11) is 0. The number of H-pyrrole nitrogens is 2.